The second-order valence-electron chi connectivity index (χ2n) is 9.29. The van der Waals surface area contributed by atoms with E-state index in [-0.39, 0.29) is 59.3 Å². The smallest absolute Gasteiger partial charge is 0.332 e. The normalized spacial score (nSPS) is 41.5. The predicted octanol–water partition coefficient (Wildman–Crippen LogP) is 3.28. The van der Waals surface area contributed by atoms with Crippen LogP contribution in [0, 0.1) is 35.0 Å². The van der Waals surface area contributed by atoms with Crippen LogP contribution in [0.15, 0.2) is 23.8 Å². The Balaban J connectivity index is 1.72. The molecule has 2 fully saturated rings. The fraction of sp³-hybridized carbons (Fsp3) is 0.696. The van der Waals surface area contributed by atoms with Gasteiger partial charge in [0.15, 0.2) is 5.78 Å². The Kier molecular flexibility index (Phi) is 5.07. The van der Waals surface area contributed by atoms with E-state index in [1.165, 1.54) is 7.11 Å². The monoisotopic (exact) mass is 386 g/mol. The van der Waals surface area contributed by atoms with Gasteiger partial charge in [-0.25, -0.2) is 4.79 Å². The summed E-state index contributed by atoms with van der Waals surface area (Å²) in [6.07, 6.45) is 9.90. The van der Waals surface area contributed by atoms with Crippen molar-refractivity contribution in [3.63, 3.8) is 0 Å². The van der Waals surface area contributed by atoms with Gasteiger partial charge in [0.05, 0.1) is 0 Å². The first kappa shape index (κ1) is 19.6. The number of Topliss-reactive ketones (excluding diaryl/α,β-unsaturated/α-hetero) is 1. The maximum Gasteiger partial charge on any atom is 0.332 e. The van der Waals surface area contributed by atoms with E-state index >= 15 is 0 Å². The number of rotatable bonds is 4. The van der Waals surface area contributed by atoms with E-state index in [2.05, 4.69) is 19.1 Å². The van der Waals surface area contributed by atoms with Crippen LogP contribution in [0.4, 0.5) is 0 Å². The molecule has 0 saturated heterocycles. The summed E-state index contributed by atoms with van der Waals surface area (Å²) < 4.78 is 10.9. The third-order valence-electron chi connectivity index (χ3n) is 7.86. The van der Waals surface area contributed by atoms with Crippen molar-refractivity contribution in [3.05, 3.63) is 23.8 Å². The molecule has 0 aromatic rings. The zero-order chi connectivity index (χ0) is 20.1. The van der Waals surface area contributed by atoms with Gasteiger partial charge >= 0.3 is 5.97 Å². The standard InChI is InChI=1S/C23H30O5/c1-13(24)18-8-9-19-17-6-4-14-10-15(25)5-7-16(14)22(17)20(11-23(18,19)2)28-21(26)12-27-3/h4,6,10,16-20,22H,5,7-9,11-12H2,1-3H3/t16?,17-,18+,19?,20-,22-,23+/m0/s1. The van der Waals surface area contributed by atoms with E-state index in [0.29, 0.717) is 18.8 Å². The highest BCUT2D eigenvalue weighted by Gasteiger charge is 2.60. The second kappa shape index (κ2) is 7.25. The van der Waals surface area contributed by atoms with Gasteiger partial charge in [-0.3, -0.25) is 9.59 Å². The molecule has 5 heteroatoms. The molecule has 0 radical (unpaired) electrons. The van der Waals surface area contributed by atoms with Gasteiger partial charge in [0, 0.05) is 25.4 Å². The molecule has 0 aromatic heterocycles. The second-order valence-corrected chi connectivity index (χ2v) is 9.29. The van der Waals surface area contributed by atoms with Crippen LogP contribution in [0.5, 0.6) is 0 Å². The first-order valence-corrected chi connectivity index (χ1v) is 10.5. The quantitative estimate of drug-likeness (QED) is 0.694. The predicted molar refractivity (Wildman–Crippen MR) is 103 cm³/mol. The molecule has 4 rings (SSSR count). The van der Waals surface area contributed by atoms with Crippen molar-refractivity contribution in [2.75, 3.05) is 13.7 Å². The van der Waals surface area contributed by atoms with Crippen molar-refractivity contribution in [2.45, 2.75) is 52.1 Å². The molecule has 0 bridgehead atoms. The number of hydrogen-bond acceptors (Lipinski definition) is 5. The lowest BCUT2D eigenvalue weighted by molar-refractivity contribution is -0.170. The molecule has 2 saturated carbocycles. The van der Waals surface area contributed by atoms with Gasteiger partial charge in [0.2, 0.25) is 0 Å². The number of carbonyl (C=O) groups excluding carboxylic acids is 3. The van der Waals surface area contributed by atoms with Crippen LogP contribution in [-0.2, 0) is 23.9 Å². The van der Waals surface area contributed by atoms with Crippen molar-refractivity contribution in [2.24, 2.45) is 35.0 Å². The third kappa shape index (κ3) is 3.08. The molecule has 2 unspecified atom stereocenters. The molecule has 0 amide bonds. The summed E-state index contributed by atoms with van der Waals surface area (Å²) in [6.45, 7) is 3.85. The number of esters is 1. The van der Waals surface area contributed by atoms with Gasteiger partial charge < -0.3 is 9.47 Å². The Hall–Kier alpha value is -1.75. The molecule has 5 nitrogen and oxygen atoms in total. The number of hydrogen-bond donors (Lipinski definition) is 0. The average molecular weight is 386 g/mol. The summed E-state index contributed by atoms with van der Waals surface area (Å²) in [7, 11) is 1.49. The minimum atomic E-state index is -0.349. The molecule has 0 N–H and O–H groups in total. The number of allylic oxidation sites excluding steroid dienone is 4. The van der Waals surface area contributed by atoms with Gasteiger partial charge in [-0.2, -0.15) is 0 Å². The summed E-state index contributed by atoms with van der Waals surface area (Å²) in [5, 5.41) is 0. The number of ether oxygens (including phenoxy) is 2. The van der Waals surface area contributed by atoms with Gasteiger partial charge in [-0.05, 0) is 67.4 Å². The molecule has 152 valence electrons. The van der Waals surface area contributed by atoms with Gasteiger partial charge in [-0.1, -0.05) is 19.1 Å². The van der Waals surface area contributed by atoms with E-state index in [1.54, 1.807) is 13.0 Å². The minimum absolute atomic E-state index is 0.0281. The van der Waals surface area contributed by atoms with Crippen molar-refractivity contribution >= 4 is 17.5 Å². The van der Waals surface area contributed by atoms with Crippen LogP contribution in [0.25, 0.3) is 0 Å². The molecule has 0 spiro atoms. The van der Waals surface area contributed by atoms with Crippen LogP contribution in [0.3, 0.4) is 0 Å². The molecule has 0 heterocycles. The lowest BCUT2D eigenvalue weighted by atomic mass is 9.51. The SMILES string of the molecule is COCC(=O)O[C@H]1C[C@@]2(C)C(CC[C@@H]2C(C)=O)[C@@H]2C=CC3=CC(=O)CCC3[C@H]12. The minimum Gasteiger partial charge on any atom is -0.460 e. The van der Waals surface area contributed by atoms with Crippen LogP contribution in [-0.4, -0.2) is 37.4 Å². The highest BCUT2D eigenvalue weighted by atomic mass is 16.6. The fourth-order valence-corrected chi connectivity index (χ4v) is 6.81. The van der Waals surface area contributed by atoms with Crippen LogP contribution < -0.4 is 0 Å². The zero-order valence-corrected chi connectivity index (χ0v) is 17.0. The number of ketones is 2. The van der Waals surface area contributed by atoms with E-state index < -0.39 is 0 Å². The Labute approximate surface area is 166 Å². The molecule has 4 aliphatic rings. The topological polar surface area (TPSA) is 69.7 Å². The van der Waals surface area contributed by atoms with E-state index in [4.69, 9.17) is 9.47 Å². The molecule has 0 aromatic carbocycles. The Bertz CT molecular complexity index is 750. The van der Waals surface area contributed by atoms with Crippen molar-refractivity contribution in [1.29, 1.82) is 0 Å². The van der Waals surface area contributed by atoms with Crippen molar-refractivity contribution in [1.82, 2.24) is 0 Å². The largest absolute Gasteiger partial charge is 0.460 e. The molecular formula is C23H30O5. The molecule has 4 aliphatic carbocycles. The average Bonchev–Trinajstić information content (AvgIpc) is 2.98. The number of fused-ring (bicyclic) bond motifs is 5. The van der Waals surface area contributed by atoms with E-state index in [9.17, 15) is 14.4 Å². The highest BCUT2D eigenvalue weighted by molar-refractivity contribution is 5.92. The summed E-state index contributed by atoms with van der Waals surface area (Å²) >= 11 is 0. The Morgan fingerprint density at radius 1 is 1.25 bits per heavy atom. The summed E-state index contributed by atoms with van der Waals surface area (Å²) in [6, 6.07) is 0. The van der Waals surface area contributed by atoms with Crippen molar-refractivity contribution < 1.29 is 23.9 Å². The summed E-state index contributed by atoms with van der Waals surface area (Å²) in [4.78, 5) is 36.6. The molecule has 7 atom stereocenters. The van der Waals surface area contributed by atoms with Crippen molar-refractivity contribution in [3.8, 4) is 0 Å². The summed E-state index contributed by atoms with van der Waals surface area (Å²) in [5.41, 5.74) is 0.927. The van der Waals surface area contributed by atoms with E-state index in [1.807, 2.05) is 0 Å². The molecular weight excluding hydrogens is 356 g/mol. The maximum atomic E-state index is 12.4. The van der Waals surface area contributed by atoms with Gasteiger partial charge in [0.1, 0.15) is 18.5 Å². The van der Waals surface area contributed by atoms with Crippen LogP contribution >= 0.6 is 0 Å². The zero-order valence-electron chi connectivity index (χ0n) is 17.0. The first-order chi connectivity index (χ1) is 13.3. The Morgan fingerprint density at radius 2 is 2.04 bits per heavy atom. The van der Waals surface area contributed by atoms with Gasteiger partial charge in [0.25, 0.3) is 0 Å². The summed E-state index contributed by atoms with van der Waals surface area (Å²) in [5.74, 6) is 1.22. The Morgan fingerprint density at radius 3 is 2.75 bits per heavy atom. The number of carbonyl (C=O) groups is 3. The fourth-order valence-electron chi connectivity index (χ4n) is 6.81. The van der Waals surface area contributed by atoms with Crippen LogP contribution in [0.1, 0.15) is 46.0 Å². The molecule has 0 aliphatic heterocycles. The number of methoxy groups -OCH3 is 1. The first-order valence-electron chi connectivity index (χ1n) is 10.5. The lowest BCUT2D eigenvalue weighted by Gasteiger charge is -2.54. The highest BCUT2D eigenvalue weighted by Crippen LogP contribution is 2.63. The van der Waals surface area contributed by atoms with Crippen LogP contribution in [0.2, 0.25) is 0 Å². The maximum absolute atomic E-state index is 12.4. The van der Waals surface area contributed by atoms with E-state index in [0.717, 1.165) is 24.8 Å². The third-order valence-corrected chi connectivity index (χ3v) is 7.86. The molecule has 28 heavy (non-hydrogen) atoms. The van der Waals surface area contributed by atoms with Gasteiger partial charge in [-0.15, -0.1) is 0 Å². The lowest BCUT2D eigenvalue weighted by Crippen LogP contribution is -2.53.